The van der Waals surface area contributed by atoms with Gasteiger partial charge in [-0.1, -0.05) is 0 Å². The number of hydrogen-bond donors (Lipinski definition) is 1. The first-order valence-corrected chi connectivity index (χ1v) is 4.22. The highest BCUT2D eigenvalue weighted by Crippen LogP contribution is 2.11. The Morgan fingerprint density at radius 1 is 1.75 bits per heavy atom. The zero-order valence-corrected chi connectivity index (χ0v) is 7.32. The van der Waals surface area contributed by atoms with Crippen LogP contribution in [-0.4, -0.2) is 48.3 Å². The van der Waals surface area contributed by atoms with Crippen LogP contribution in [0.3, 0.4) is 0 Å². The van der Waals surface area contributed by atoms with E-state index in [1.807, 2.05) is 0 Å². The van der Waals surface area contributed by atoms with E-state index in [1.54, 1.807) is 11.8 Å². The number of aliphatic hydroxyl groups is 1. The molecular weight excluding hydrogens is 158 g/mol. The molecule has 1 fully saturated rings. The molecule has 4 nitrogen and oxygen atoms in total. The minimum Gasteiger partial charge on any atom is -0.394 e. The number of rotatable bonds is 3. The first kappa shape index (κ1) is 9.48. The summed E-state index contributed by atoms with van der Waals surface area (Å²) in [4.78, 5) is 12.7. The fourth-order valence-electron chi connectivity index (χ4n) is 1.37. The van der Waals surface area contributed by atoms with E-state index >= 15 is 0 Å². The molecule has 70 valence electrons. The van der Waals surface area contributed by atoms with Crippen LogP contribution >= 0.6 is 0 Å². The number of amides is 1. The lowest BCUT2D eigenvalue weighted by atomic mass is 10.3. The third-order valence-corrected chi connectivity index (χ3v) is 2.04. The Hall–Kier alpha value is -0.610. The molecule has 0 spiro atoms. The van der Waals surface area contributed by atoms with Crippen LogP contribution in [0.2, 0.25) is 0 Å². The second kappa shape index (κ2) is 4.42. The number of likely N-dealkylation sites (tertiary alicyclic amines) is 1. The van der Waals surface area contributed by atoms with Crippen molar-refractivity contribution in [2.75, 3.05) is 26.3 Å². The maximum atomic E-state index is 10.9. The molecule has 0 aromatic carbocycles. The Morgan fingerprint density at radius 2 is 2.50 bits per heavy atom. The van der Waals surface area contributed by atoms with Gasteiger partial charge < -0.3 is 14.7 Å². The van der Waals surface area contributed by atoms with Gasteiger partial charge in [0.15, 0.2) is 0 Å². The molecular formula is C8H15NO3. The Balaban J connectivity index is 2.21. The lowest BCUT2D eigenvalue weighted by Gasteiger charge is -2.13. The fraction of sp³-hybridized carbons (Fsp3) is 0.875. The largest absolute Gasteiger partial charge is 0.394 e. The summed E-state index contributed by atoms with van der Waals surface area (Å²) in [5.74, 6) is 0.102. The summed E-state index contributed by atoms with van der Waals surface area (Å²) in [7, 11) is 0. The number of aliphatic hydroxyl groups excluding tert-OH is 1. The number of ether oxygens (including phenoxy) is 1. The Labute approximate surface area is 72.1 Å². The molecule has 0 aromatic heterocycles. The first-order chi connectivity index (χ1) is 5.74. The molecule has 1 N–H and O–H groups in total. The monoisotopic (exact) mass is 173 g/mol. The van der Waals surface area contributed by atoms with Crippen molar-refractivity contribution in [2.45, 2.75) is 19.4 Å². The second-order valence-electron chi connectivity index (χ2n) is 2.97. The van der Waals surface area contributed by atoms with E-state index in [2.05, 4.69) is 0 Å². The molecule has 1 amide bonds. The number of nitrogens with zero attached hydrogens (tertiary/aromatic N) is 1. The molecule has 0 aliphatic carbocycles. The molecule has 4 heteroatoms. The van der Waals surface area contributed by atoms with Crippen LogP contribution in [0.4, 0.5) is 0 Å². The van der Waals surface area contributed by atoms with Gasteiger partial charge in [0.25, 0.3) is 0 Å². The molecule has 0 unspecified atom stereocenters. The molecule has 1 atom stereocenters. The smallest absolute Gasteiger partial charge is 0.219 e. The Kier molecular flexibility index (Phi) is 3.49. The minimum absolute atomic E-state index is 0.0522. The molecule has 1 rings (SSSR count). The molecule has 0 aromatic rings. The molecule has 1 heterocycles. The highest BCUT2D eigenvalue weighted by Gasteiger charge is 2.24. The summed E-state index contributed by atoms with van der Waals surface area (Å²) in [6.07, 6.45) is 1.01. The maximum Gasteiger partial charge on any atom is 0.219 e. The van der Waals surface area contributed by atoms with E-state index in [0.717, 1.165) is 13.0 Å². The van der Waals surface area contributed by atoms with Crippen LogP contribution in [-0.2, 0) is 9.53 Å². The van der Waals surface area contributed by atoms with Crippen molar-refractivity contribution in [3.8, 4) is 0 Å². The third-order valence-electron chi connectivity index (χ3n) is 2.04. The van der Waals surface area contributed by atoms with Crippen molar-refractivity contribution < 1.29 is 14.6 Å². The normalized spacial score (nSPS) is 23.2. The SMILES string of the molecule is CC(=O)N1CC[C@H](OCCO)C1. The predicted octanol–water partition coefficient (Wildman–Crippen LogP) is -0.384. The van der Waals surface area contributed by atoms with Crippen molar-refractivity contribution in [3.05, 3.63) is 0 Å². The van der Waals surface area contributed by atoms with Crippen LogP contribution in [0.15, 0.2) is 0 Å². The third kappa shape index (κ3) is 2.46. The Bertz CT molecular complexity index is 160. The molecule has 0 saturated carbocycles. The minimum atomic E-state index is 0.0522. The summed E-state index contributed by atoms with van der Waals surface area (Å²) in [6, 6.07) is 0. The van der Waals surface area contributed by atoms with E-state index in [4.69, 9.17) is 9.84 Å². The van der Waals surface area contributed by atoms with Crippen LogP contribution < -0.4 is 0 Å². The molecule has 1 aliphatic rings. The fourth-order valence-corrected chi connectivity index (χ4v) is 1.37. The van der Waals surface area contributed by atoms with Gasteiger partial charge in [0, 0.05) is 20.0 Å². The van der Waals surface area contributed by atoms with Gasteiger partial charge in [-0.15, -0.1) is 0 Å². The summed E-state index contributed by atoms with van der Waals surface area (Å²) in [5, 5.41) is 8.50. The van der Waals surface area contributed by atoms with Gasteiger partial charge in [-0.05, 0) is 6.42 Å². The summed E-state index contributed by atoms with van der Waals surface area (Å²) < 4.78 is 5.29. The highest BCUT2D eigenvalue weighted by atomic mass is 16.5. The molecule has 1 aliphatic heterocycles. The zero-order valence-electron chi connectivity index (χ0n) is 7.32. The average molecular weight is 173 g/mol. The predicted molar refractivity (Wildman–Crippen MR) is 43.7 cm³/mol. The van der Waals surface area contributed by atoms with Crippen LogP contribution in [0, 0.1) is 0 Å². The standard InChI is InChI=1S/C8H15NO3/c1-7(11)9-3-2-8(6-9)12-5-4-10/h8,10H,2-6H2,1H3/t8-/m0/s1. The van der Waals surface area contributed by atoms with Gasteiger partial charge >= 0.3 is 0 Å². The number of carbonyl (C=O) groups excluding carboxylic acids is 1. The highest BCUT2D eigenvalue weighted by molar-refractivity contribution is 5.73. The van der Waals surface area contributed by atoms with Gasteiger partial charge in [-0.2, -0.15) is 0 Å². The number of hydrogen-bond acceptors (Lipinski definition) is 3. The molecule has 0 bridgehead atoms. The maximum absolute atomic E-state index is 10.9. The lowest BCUT2D eigenvalue weighted by molar-refractivity contribution is -0.128. The van der Waals surface area contributed by atoms with Crippen molar-refractivity contribution in [3.63, 3.8) is 0 Å². The topological polar surface area (TPSA) is 49.8 Å². The molecule has 0 radical (unpaired) electrons. The van der Waals surface area contributed by atoms with Gasteiger partial charge in [-0.3, -0.25) is 4.79 Å². The van der Waals surface area contributed by atoms with Gasteiger partial charge in [0.1, 0.15) is 0 Å². The molecule has 12 heavy (non-hydrogen) atoms. The summed E-state index contributed by atoms with van der Waals surface area (Å²) >= 11 is 0. The first-order valence-electron chi connectivity index (χ1n) is 4.22. The van der Waals surface area contributed by atoms with Crippen molar-refractivity contribution in [1.82, 2.24) is 4.90 Å². The van der Waals surface area contributed by atoms with Crippen LogP contribution in [0.5, 0.6) is 0 Å². The van der Waals surface area contributed by atoms with Gasteiger partial charge in [-0.25, -0.2) is 0 Å². The Morgan fingerprint density at radius 3 is 3.00 bits per heavy atom. The summed E-state index contributed by atoms with van der Waals surface area (Å²) in [5.41, 5.74) is 0. The lowest BCUT2D eigenvalue weighted by Crippen LogP contribution is -2.28. The van der Waals surface area contributed by atoms with E-state index in [0.29, 0.717) is 13.2 Å². The van der Waals surface area contributed by atoms with E-state index in [9.17, 15) is 4.79 Å². The van der Waals surface area contributed by atoms with E-state index in [-0.39, 0.29) is 18.6 Å². The zero-order chi connectivity index (χ0) is 8.97. The van der Waals surface area contributed by atoms with Crippen molar-refractivity contribution in [2.24, 2.45) is 0 Å². The summed E-state index contributed by atoms with van der Waals surface area (Å²) in [6.45, 7) is 3.45. The molecule has 1 saturated heterocycles. The van der Waals surface area contributed by atoms with Crippen molar-refractivity contribution in [1.29, 1.82) is 0 Å². The second-order valence-corrected chi connectivity index (χ2v) is 2.97. The van der Waals surface area contributed by atoms with E-state index in [1.165, 1.54) is 0 Å². The quantitative estimate of drug-likeness (QED) is 0.632. The van der Waals surface area contributed by atoms with Gasteiger partial charge in [0.05, 0.1) is 19.3 Å². The van der Waals surface area contributed by atoms with Gasteiger partial charge in [0.2, 0.25) is 5.91 Å². The van der Waals surface area contributed by atoms with Crippen LogP contribution in [0.25, 0.3) is 0 Å². The van der Waals surface area contributed by atoms with Crippen LogP contribution in [0.1, 0.15) is 13.3 Å². The van der Waals surface area contributed by atoms with E-state index < -0.39 is 0 Å². The number of carbonyl (C=O) groups is 1. The average Bonchev–Trinajstić information content (AvgIpc) is 2.48. The van der Waals surface area contributed by atoms with Crippen molar-refractivity contribution >= 4 is 5.91 Å².